The molecule has 1 aromatic heterocycles. The monoisotopic (exact) mass is 225 g/mol. The molecule has 0 saturated heterocycles. The van der Waals surface area contributed by atoms with Crippen LogP contribution < -0.4 is 5.32 Å². The van der Waals surface area contributed by atoms with E-state index in [0.29, 0.717) is 17.2 Å². The molecule has 0 aliphatic carbocycles. The lowest BCUT2D eigenvalue weighted by Gasteiger charge is -2.05. The maximum Gasteiger partial charge on any atom is 0.177 e. The van der Waals surface area contributed by atoms with Gasteiger partial charge in [-0.3, -0.25) is 0 Å². The second-order valence-corrected chi connectivity index (χ2v) is 3.90. The first kappa shape index (κ1) is 10.3. The Hall–Kier alpha value is -1.19. The number of hydrogen-bond donors (Lipinski definition) is 2. The molecule has 0 amide bonds. The molecule has 1 aromatic carbocycles. The Labute approximate surface area is 92.6 Å². The van der Waals surface area contributed by atoms with Gasteiger partial charge in [0.15, 0.2) is 11.3 Å². The molecule has 2 aromatic rings. The van der Waals surface area contributed by atoms with Crippen molar-refractivity contribution >= 4 is 22.6 Å². The molecule has 2 N–H and O–H groups in total. The van der Waals surface area contributed by atoms with Crippen LogP contribution in [0.1, 0.15) is 11.3 Å². The van der Waals surface area contributed by atoms with Crippen molar-refractivity contribution in [2.75, 3.05) is 7.05 Å². The van der Waals surface area contributed by atoms with Gasteiger partial charge in [0.1, 0.15) is 5.76 Å². The van der Waals surface area contributed by atoms with Crippen molar-refractivity contribution in [1.82, 2.24) is 5.32 Å². The number of phenols is 1. The van der Waals surface area contributed by atoms with Crippen LogP contribution in [-0.2, 0) is 6.54 Å². The number of rotatable bonds is 2. The molecule has 0 unspecified atom stereocenters. The van der Waals surface area contributed by atoms with Crippen molar-refractivity contribution in [3.05, 3.63) is 28.5 Å². The Kier molecular flexibility index (Phi) is 2.59. The van der Waals surface area contributed by atoms with E-state index in [2.05, 4.69) is 5.32 Å². The zero-order valence-corrected chi connectivity index (χ0v) is 9.35. The van der Waals surface area contributed by atoms with E-state index in [-0.39, 0.29) is 5.75 Å². The Morgan fingerprint density at radius 2 is 2.20 bits per heavy atom. The van der Waals surface area contributed by atoms with Crippen molar-refractivity contribution in [3.8, 4) is 5.75 Å². The van der Waals surface area contributed by atoms with Crippen molar-refractivity contribution in [1.29, 1.82) is 0 Å². The predicted molar refractivity (Wildman–Crippen MR) is 60.4 cm³/mol. The summed E-state index contributed by atoms with van der Waals surface area (Å²) >= 11 is 6.08. The minimum Gasteiger partial charge on any atom is -0.504 e. The number of nitrogens with one attached hydrogen (secondary N) is 1. The molecule has 0 atom stereocenters. The highest BCUT2D eigenvalue weighted by atomic mass is 35.5. The lowest BCUT2D eigenvalue weighted by atomic mass is 10.1. The number of phenolic OH excluding ortho intramolecular Hbond substituents is 1. The summed E-state index contributed by atoms with van der Waals surface area (Å²) in [7, 11) is 1.81. The predicted octanol–water partition coefficient (Wildman–Crippen LogP) is 2.82. The van der Waals surface area contributed by atoms with Gasteiger partial charge in [0.25, 0.3) is 0 Å². The van der Waals surface area contributed by atoms with Crippen LogP contribution in [0.4, 0.5) is 0 Å². The molecule has 4 heteroatoms. The molecule has 80 valence electrons. The number of benzene rings is 1. The Bertz CT molecular complexity index is 505. The number of furan rings is 1. The van der Waals surface area contributed by atoms with E-state index >= 15 is 0 Å². The summed E-state index contributed by atoms with van der Waals surface area (Å²) in [6, 6.07) is 3.57. The molecule has 3 nitrogen and oxygen atoms in total. The van der Waals surface area contributed by atoms with Gasteiger partial charge in [-0.15, -0.1) is 0 Å². The molecule has 0 bridgehead atoms. The molecule has 0 spiro atoms. The molecule has 0 aliphatic heterocycles. The van der Waals surface area contributed by atoms with Gasteiger partial charge in [0, 0.05) is 17.5 Å². The van der Waals surface area contributed by atoms with E-state index in [1.807, 2.05) is 20.0 Å². The molecule has 0 saturated carbocycles. The fraction of sp³-hybridized carbons (Fsp3) is 0.273. The zero-order chi connectivity index (χ0) is 11.0. The molecule has 0 fully saturated rings. The molecule has 1 heterocycles. The second-order valence-electron chi connectivity index (χ2n) is 3.50. The third kappa shape index (κ3) is 1.68. The summed E-state index contributed by atoms with van der Waals surface area (Å²) in [5, 5.41) is 14.2. The fourth-order valence-electron chi connectivity index (χ4n) is 1.64. The highest BCUT2D eigenvalue weighted by molar-refractivity contribution is 6.35. The minimum absolute atomic E-state index is 0.164. The molecular weight excluding hydrogens is 214 g/mol. The number of aromatic hydroxyl groups is 1. The summed E-state index contributed by atoms with van der Waals surface area (Å²) in [4.78, 5) is 0. The largest absolute Gasteiger partial charge is 0.504 e. The summed E-state index contributed by atoms with van der Waals surface area (Å²) in [6.45, 7) is 2.38. The van der Waals surface area contributed by atoms with E-state index in [9.17, 15) is 5.11 Å². The zero-order valence-electron chi connectivity index (χ0n) is 8.60. The maximum absolute atomic E-state index is 9.93. The Morgan fingerprint density at radius 3 is 2.87 bits per heavy atom. The first-order chi connectivity index (χ1) is 7.13. The lowest BCUT2D eigenvalue weighted by molar-refractivity contribution is 0.453. The summed E-state index contributed by atoms with van der Waals surface area (Å²) in [5.74, 6) is 0.903. The molecule has 15 heavy (non-hydrogen) atoms. The summed E-state index contributed by atoms with van der Waals surface area (Å²) < 4.78 is 5.40. The van der Waals surface area contributed by atoms with Gasteiger partial charge in [-0.05, 0) is 26.1 Å². The molecule has 0 radical (unpaired) electrons. The number of hydrogen-bond acceptors (Lipinski definition) is 3. The van der Waals surface area contributed by atoms with Crippen LogP contribution in [0.3, 0.4) is 0 Å². The molecule has 2 rings (SSSR count). The fourth-order valence-corrected chi connectivity index (χ4v) is 1.91. The van der Waals surface area contributed by atoms with E-state index in [4.69, 9.17) is 16.0 Å². The van der Waals surface area contributed by atoms with Crippen molar-refractivity contribution in [3.63, 3.8) is 0 Å². The van der Waals surface area contributed by atoms with E-state index in [1.54, 1.807) is 6.07 Å². The van der Waals surface area contributed by atoms with Gasteiger partial charge >= 0.3 is 0 Å². The average molecular weight is 226 g/mol. The van der Waals surface area contributed by atoms with Crippen LogP contribution in [0.5, 0.6) is 5.75 Å². The lowest BCUT2D eigenvalue weighted by Crippen LogP contribution is -2.05. The second kappa shape index (κ2) is 3.76. The number of fused-ring (bicyclic) bond motifs is 1. The summed E-state index contributed by atoms with van der Waals surface area (Å²) in [6.07, 6.45) is 0. The van der Waals surface area contributed by atoms with E-state index in [0.717, 1.165) is 16.7 Å². The first-order valence-corrected chi connectivity index (χ1v) is 5.06. The van der Waals surface area contributed by atoms with Crippen molar-refractivity contribution in [2.24, 2.45) is 0 Å². The Morgan fingerprint density at radius 1 is 1.47 bits per heavy atom. The number of aryl methyl sites for hydroxylation is 1. The SMILES string of the molecule is CNCc1cc(Cl)c2cc(C)oc2c1O. The van der Waals surface area contributed by atoms with Crippen molar-refractivity contribution in [2.45, 2.75) is 13.5 Å². The van der Waals surface area contributed by atoms with Gasteiger partial charge < -0.3 is 14.8 Å². The third-order valence-corrected chi connectivity index (χ3v) is 2.61. The average Bonchev–Trinajstić information content (AvgIpc) is 2.57. The van der Waals surface area contributed by atoms with Crippen LogP contribution in [0.25, 0.3) is 11.0 Å². The quantitative estimate of drug-likeness (QED) is 0.826. The van der Waals surface area contributed by atoms with E-state index < -0.39 is 0 Å². The van der Waals surface area contributed by atoms with Crippen molar-refractivity contribution < 1.29 is 9.52 Å². The van der Waals surface area contributed by atoms with Gasteiger partial charge in [-0.2, -0.15) is 0 Å². The highest BCUT2D eigenvalue weighted by Crippen LogP contribution is 2.36. The Balaban J connectivity index is 2.71. The van der Waals surface area contributed by atoms with Crippen LogP contribution in [-0.4, -0.2) is 12.2 Å². The smallest absolute Gasteiger partial charge is 0.177 e. The standard InChI is InChI=1S/C11H12ClNO2/c1-6-3-8-9(12)4-7(5-13-2)10(14)11(8)15-6/h3-4,13-14H,5H2,1-2H3. The summed E-state index contributed by atoms with van der Waals surface area (Å²) in [5.41, 5.74) is 1.20. The maximum atomic E-state index is 9.93. The topological polar surface area (TPSA) is 45.4 Å². The minimum atomic E-state index is 0.164. The van der Waals surface area contributed by atoms with Gasteiger partial charge in [0.05, 0.1) is 5.02 Å². The highest BCUT2D eigenvalue weighted by Gasteiger charge is 2.13. The molecule has 0 aliphatic rings. The van der Waals surface area contributed by atoms with Crippen LogP contribution in [0, 0.1) is 6.92 Å². The first-order valence-electron chi connectivity index (χ1n) is 4.68. The van der Waals surface area contributed by atoms with Gasteiger partial charge in [-0.1, -0.05) is 11.6 Å². The van der Waals surface area contributed by atoms with Crippen LogP contribution in [0.15, 0.2) is 16.5 Å². The van der Waals surface area contributed by atoms with Gasteiger partial charge in [0.2, 0.25) is 0 Å². The number of halogens is 1. The third-order valence-electron chi connectivity index (χ3n) is 2.30. The van der Waals surface area contributed by atoms with Gasteiger partial charge in [-0.25, -0.2) is 0 Å². The molecular formula is C11H12ClNO2. The van der Waals surface area contributed by atoms with Crippen LogP contribution in [0.2, 0.25) is 5.02 Å². The van der Waals surface area contributed by atoms with Crippen LogP contribution >= 0.6 is 11.6 Å². The normalized spacial score (nSPS) is 11.1. The van der Waals surface area contributed by atoms with E-state index in [1.165, 1.54) is 0 Å².